The molecule has 25 heavy (non-hydrogen) atoms. The molecule has 6 heteroatoms. The molecule has 0 atom stereocenters. The van der Waals surface area contributed by atoms with Crippen LogP contribution >= 0.6 is 11.6 Å². The number of benzene rings is 2. The van der Waals surface area contributed by atoms with Gasteiger partial charge in [-0.1, -0.05) is 23.7 Å². The van der Waals surface area contributed by atoms with Gasteiger partial charge in [-0.3, -0.25) is 4.79 Å². The van der Waals surface area contributed by atoms with Crippen molar-refractivity contribution in [2.75, 3.05) is 18.5 Å². The van der Waals surface area contributed by atoms with Crippen LogP contribution < -0.4 is 14.8 Å². The first-order chi connectivity index (χ1) is 12.2. The molecule has 0 bridgehead atoms. The van der Waals surface area contributed by atoms with Gasteiger partial charge in [0.15, 0.2) is 5.76 Å². The molecule has 3 rings (SSSR count). The summed E-state index contributed by atoms with van der Waals surface area (Å²) in [6.45, 7) is 0.754. The second-order valence-corrected chi connectivity index (χ2v) is 5.49. The summed E-state index contributed by atoms with van der Waals surface area (Å²) >= 11 is 6.01. The molecule has 2 aromatic carbocycles. The lowest BCUT2D eigenvalue weighted by molar-refractivity contribution is 0.0996. The first-order valence-electron chi connectivity index (χ1n) is 7.67. The zero-order valence-corrected chi connectivity index (χ0v) is 14.0. The maximum absolute atomic E-state index is 11.9. The Labute approximate surface area is 150 Å². The van der Waals surface area contributed by atoms with E-state index in [0.29, 0.717) is 35.4 Å². The number of furan rings is 1. The van der Waals surface area contributed by atoms with Gasteiger partial charge in [0.2, 0.25) is 0 Å². The van der Waals surface area contributed by atoms with Crippen molar-refractivity contribution in [2.24, 2.45) is 0 Å². The van der Waals surface area contributed by atoms with Crippen LogP contribution in [0.25, 0.3) is 0 Å². The Balaban J connectivity index is 1.45. The highest BCUT2D eigenvalue weighted by atomic mass is 35.5. The van der Waals surface area contributed by atoms with Crippen LogP contribution in [0, 0.1) is 0 Å². The molecule has 5 nitrogen and oxygen atoms in total. The number of ether oxygens (including phenoxy) is 2. The van der Waals surface area contributed by atoms with E-state index in [1.807, 2.05) is 12.1 Å². The van der Waals surface area contributed by atoms with Crippen LogP contribution in [0.4, 0.5) is 5.69 Å². The summed E-state index contributed by atoms with van der Waals surface area (Å²) in [5, 5.41) is 3.31. The van der Waals surface area contributed by atoms with Gasteiger partial charge in [-0.2, -0.15) is 0 Å². The summed E-state index contributed by atoms with van der Waals surface area (Å²) in [5.41, 5.74) is 0.654. The lowest BCUT2D eigenvalue weighted by Crippen LogP contribution is -2.11. The Kier molecular flexibility index (Phi) is 5.59. The molecule has 0 unspecified atom stereocenters. The van der Waals surface area contributed by atoms with Crippen molar-refractivity contribution >= 4 is 23.2 Å². The monoisotopic (exact) mass is 357 g/mol. The van der Waals surface area contributed by atoms with Crippen LogP contribution in [-0.2, 0) is 0 Å². The number of anilines is 1. The summed E-state index contributed by atoms with van der Waals surface area (Å²) in [4.78, 5) is 11.9. The average Bonchev–Trinajstić information content (AvgIpc) is 3.16. The van der Waals surface area contributed by atoms with Crippen molar-refractivity contribution in [1.29, 1.82) is 0 Å². The normalized spacial score (nSPS) is 10.3. The second kappa shape index (κ2) is 8.26. The van der Waals surface area contributed by atoms with Crippen molar-refractivity contribution in [3.8, 4) is 11.5 Å². The SMILES string of the molecule is O=C(Nc1ccc(OCCOc2ccccc2Cl)cc1)c1ccco1. The number of amides is 1. The number of hydrogen-bond donors (Lipinski definition) is 1. The molecule has 3 aromatic rings. The number of para-hydroxylation sites is 1. The van der Waals surface area contributed by atoms with Gasteiger partial charge < -0.3 is 19.2 Å². The largest absolute Gasteiger partial charge is 0.490 e. The molecule has 1 heterocycles. The first-order valence-corrected chi connectivity index (χ1v) is 8.05. The number of rotatable bonds is 7. The topological polar surface area (TPSA) is 60.7 Å². The van der Waals surface area contributed by atoms with E-state index in [1.165, 1.54) is 6.26 Å². The minimum absolute atomic E-state index is 0.261. The van der Waals surface area contributed by atoms with Crippen molar-refractivity contribution in [2.45, 2.75) is 0 Å². The fourth-order valence-electron chi connectivity index (χ4n) is 2.11. The highest BCUT2D eigenvalue weighted by Crippen LogP contribution is 2.23. The van der Waals surface area contributed by atoms with Crippen LogP contribution in [0.15, 0.2) is 71.3 Å². The molecule has 1 N–H and O–H groups in total. The van der Waals surface area contributed by atoms with E-state index < -0.39 is 0 Å². The highest BCUT2D eigenvalue weighted by Gasteiger charge is 2.08. The quantitative estimate of drug-likeness (QED) is 0.625. The standard InChI is InChI=1S/C19H16ClNO4/c20-16-4-1-2-5-17(16)25-13-12-23-15-9-7-14(8-10-15)21-19(22)18-6-3-11-24-18/h1-11H,12-13H2,(H,21,22). The van der Waals surface area contributed by atoms with Crippen molar-refractivity contribution in [1.82, 2.24) is 0 Å². The van der Waals surface area contributed by atoms with Crippen LogP contribution in [0.5, 0.6) is 11.5 Å². The predicted molar refractivity (Wildman–Crippen MR) is 95.5 cm³/mol. The molecular formula is C19H16ClNO4. The van der Waals surface area contributed by atoms with E-state index in [4.69, 9.17) is 25.5 Å². The zero-order valence-electron chi connectivity index (χ0n) is 13.3. The molecule has 128 valence electrons. The van der Waals surface area contributed by atoms with Crippen molar-refractivity contribution in [3.05, 3.63) is 77.7 Å². The number of halogens is 1. The summed E-state index contributed by atoms with van der Waals surface area (Å²) in [6, 6.07) is 17.6. The fraction of sp³-hybridized carbons (Fsp3) is 0.105. The van der Waals surface area contributed by atoms with Crippen LogP contribution in [0.2, 0.25) is 5.02 Å². The van der Waals surface area contributed by atoms with E-state index in [0.717, 1.165) is 0 Å². The van der Waals surface area contributed by atoms with E-state index in [9.17, 15) is 4.79 Å². The van der Waals surface area contributed by atoms with Gasteiger partial charge in [0.05, 0.1) is 11.3 Å². The summed E-state index contributed by atoms with van der Waals surface area (Å²) < 4.78 is 16.2. The summed E-state index contributed by atoms with van der Waals surface area (Å²) in [6.07, 6.45) is 1.45. The van der Waals surface area contributed by atoms with Gasteiger partial charge in [-0.15, -0.1) is 0 Å². The minimum atomic E-state index is -0.299. The minimum Gasteiger partial charge on any atom is -0.490 e. The number of hydrogen-bond acceptors (Lipinski definition) is 4. The van der Waals surface area contributed by atoms with E-state index in [2.05, 4.69) is 5.32 Å². The fourth-order valence-corrected chi connectivity index (χ4v) is 2.30. The molecule has 1 amide bonds. The second-order valence-electron chi connectivity index (χ2n) is 5.08. The predicted octanol–water partition coefficient (Wildman–Crippen LogP) is 4.64. The molecular weight excluding hydrogens is 342 g/mol. The molecule has 0 saturated carbocycles. The molecule has 0 fully saturated rings. The number of carbonyl (C=O) groups is 1. The van der Waals surface area contributed by atoms with Gasteiger partial charge in [-0.25, -0.2) is 0 Å². The lowest BCUT2D eigenvalue weighted by atomic mass is 10.3. The molecule has 0 spiro atoms. The van der Waals surface area contributed by atoms with Gasteiger partial charge in [0, 0.05) is 5.69 Å². The highest BCUT2D eigenvalue weighted by molar-refractivity contribution is 6.32. The Morgan fingerprint density at radius 3 is 2.44 bits per heavy atom. The van der Waals surface area contributed by atoms with Crippen molar-refractivity contribution in [3.63, 3.8) is 0 Å². The Bertz CT molecular complexity index is 816. The van der Waals surface area contributed by atoms with Gasteiger partial charge >= 0.3 is 0 Å². The number of nitrogens with one attached hydrogen (secondary N) is 1. The smallest absolute Gasteiger partial charge is 0.291 e. The third kappa shape index (κ3) is 4.78. The molecule has 1 aromatic heterocycles. The maximum Gasteiger partial charge on any atom is 0.291 e. The van der Waals surface area contributed by atoms with Gasteiger partial charge in [0.1, 0.15) is 24.7 Å². The maximum atomic E-state index is 11.9. The third-order valence-corrected chi connectivity index (χ3v) is 3.62. The zero-order chi connectivity index (χ0) is 17.5. The third-order valence-electron chi connectivity index (χ3n) is 3.30. The van der Waals surface area contributed by atoms with Crippen molar-refractivity contribution < 1.29 is 18.7 Å². The summed E-state index contributed by atoms with van der Waals surface area (Å²) in [7, 11) is 0. The van der Waals surface area contributed by atoms with E-state index >= 15 is 0 Å². The molecule has 0 radical (unpaired) electrons. The Hall–Kier alpha value is -2.92. The molecule has 0 aliphatic rings. The molecule has 0 saturated heterocycles. The van der Waals surface area contributed by atoms with Crippen LogP contribution in [0.3, 0.4) is 0 Å². The number of carbonyl (C=O) groups excluding carboxylic acids is 1. The summed E-state index contributed by atoms with van der Waals surface area (Å²) in [5.74, 6) is 1.27. The van der Waals surface area contributed by atoms with E-state index in [-0.39, 0.29) is 11.7 Å². The van der Waals surface area contributed by atoms with Crippen LogP contribution in [0.1, 0.15) is 10.6 Å². The Morgan fingerprint density at radius 2 is 1.72 bits per heavy atom. The first kappa shape index (κ1) is 16.9. The Morgan fingerprint density at radius 1 is 0.960 bits per heavy atom. The molecule has 0 aliphatic carbocycles. The average molecular weight is 358 g/mol. The molecule has 0 aliphatic heterocycles. The van der Waals surface area contributed by atoms with E-state index in [1.54, 1.807) is 48.5 Å². The van der Waals surface area contributed by atoms with Gasteiger partial charge in [0.25, 0.3) is 5.91 Å². The lowest BCUT2D eigenvalue weighted by Gasteiger charge is -2.10. The van der Waals surface area contributed by atoms with Gasteiger partial charge in [-0.05, 0) is 48.5 Å². The van der Waals surface area contributed by atoms with Crippen LogP contribution in [-0.4, -0.2) is 19.1 Å².